The summed E-state index contributed by atoms with van der Waals surface area (Å²) in [6, 6.07) is 1.38. The van der Waals surface area contributed by atoms with Gasteiger partial charge >= 0.3 is 0 Å². The number of hydrogen-bond acceptors (Lipinski definition) is 3. The van der Waals surface area contributed by atoms with E-state index in [2.05, 4.69) is 31.1 Å². The van der Waals surface area contributed by atoms with Gasteiger partial charge in [-0.25, -0.2) is 0 Å². The standard InChI is InChI=1S/C13H26N2O/c1-10-8-11(2)13(12(9-10)14-3)15-4-6-16-7-5-15/h10-14H,4-9H2,1-3H3. The third-order valence-corrected chi connectivity index (χ3v) is 4.26. The zero-order valence-corrected chi connectivity index (χ0v) is 10.9. The molecule has 0 spiro atoms. The Hall–Kier alpha value is -0.120. The number of likely N-dealkylation sites (N-methyl/N-ethyl adjacent to an activating group) is 1. The van der Waals surface area contributed by atoms with Gasteiger partial charge in [-0.05, 0) is 31.7 Å². The molecular weight excluding hydrogens is 200 g/mol. The van der Waals surface area contributed by atoms with Crippen molar-refractivity contribution >= 4 is 0 Å². The highest BCUT2D eigenvalue weighted by atomic mass is 16.5. The lowest BCUT2D eigenvalue weighted by Gasteiger charge is -2.46. The SMILES string of the molecule is CNC1CC(C)CC(C)C1N1CCOCC1. The van der Waals surface area contributed by atoms with Crippen LogP contribution in [0, 0.1) is 11.8 Å². The Morgan fingerprint density at radius 1 is 1.12 bits per heavy atom. The van der Waals surface area contributed by atoms with Gasteiger partial charge in [-0.2, -0.15) is 0 Å². The molecule has 0 aromatic carbocycles. The molecule has 1 saturated carbocycles. The van der Waals surface area contributed by atoms with Crippen molar-refractivity contribution in [1.82, 2.24) is 10.2 Å². The summed E-state index contributed by atoms with van der Waals surface area (Å²) in [6.45, 7) is 8.85. The lowest BCUT2D eigenvalue weighted by molar-refractivity contribution is -0.0202. The summed E-state index contributed by atoms with van der Waals surface area (Å²) < 4.78 is 5.45. The zero-order chi connectivity index (χ0) is 11.5. The van der Waals surface area contributed by atoms with E-state index in [1.165, 1.54) is 12.8 Å². The summed E-state index contributed by atoms with van der Waals surface area (Å²) >= 11 is 0. The Kier molecular flexibility index (Phi) is 4.22. The minimum absolute atomic E-state index is 0.664. The molecule has 1 heterocycles. The molecular formula is C13H26N2O. The smallest absolute Gasteiger partial charge is 0.0594 e. The van der Waals surface area contributed by atoms with Crippen LogP contribution in [-0.2, 0) is 4.74 Å². The summed E-state index contributed by atoms with van der Waals surface area (Å²) in [5.41, 5.74) is 0. The van der Waals surface area contributed by atoms with Crippen molar-refractivity contribution in [2.24, 2.45) is 11.8 Å². The molecule has 1 saturated heterocycles. The number of rotatable bonds is 2. The average Bonchev–Trinajstić information content (AvgIpc) is 2.29. The molecule has 1 aliphatic carbocycles. The van der Waals surface area contributed by atoms with E-state index in [0.29, 0.717) is 12.1 Å². The van der Waals surface area contributed by atoms with Crippen LogP contribution in [0.3, 0.4) is 0 Å². The van der Waals surface area contributed by atoms with Gasteiger partial charge in [0.05, 0.1) is 13.2 Å². The molecule has 0 aromatic heterocycles. The largest absolute Gasteiger partial charge is 0.379 e. The van der Waals surface area contributed by atoms with Crippen molar-refractivity contribution in [1.29, 1.82) is 0 Å². The van der Waals surface area contributed by atoms with Crippen LogP contribution >= 0.6 is 0 Å². The Morgan fingerprint density at radius 3 is 2.44 bits per heavy atom. The molecule has 2 fully saturated rings. The van der Waals surface area contributed by atoms with Gasteiger partial charge in [-0.1, -0.05) is 13.8 Å². The first-order valence-electron chi connectivity index (χ1n) is 6.71. The van der Waals surface area contributed by atoms with Gasteiger partial charge in [0.1, 0.15) is 0 Å². The Balaban J connectivity index is 2.03. The van der Waals surface area contributed by atoms with Crippen LogP contribution < -0.4 is 5.32 Å². The van der Waals surface area contributed by atoms with Crippen molar-refractivity contribution in [3.63, 3.8) is 0 Å². The monoisotopic (exact) mass is 226 g/mol. The van der Waals surface area contributed by atoms with E-state index in [9.17, 15) is 0 Å². The van der Waals surface area contributed by atoms with Gasteiger partial charge in [0, 0.05) is 25.2 Å². The van der Waals surface area contributed by atoms with Gasteiger partial charge in [-0.15, -0.1) is 0 Å². The van der Waals surface area contributed by atoms with Crippen molar-refractivity contribution in [2.45, 2.75) is 38.8 Å². The van der Waals surface area contributed by atoms with Crippen LogP contribution in [-0.4, -0.2) is 50.3 Å². The molecule has 94 valence electrons. The molecule has 4 unspecified atom stereocenters. The van der Waals surface area contributed by atoms with Gasteiger partial charge < -0.3 is 10.1 Å². The summed E-state index contributed by atoms with van der Waals surface area (Å²) in [6.07, 6.45) is 2.70. The number of ether oxygens (including phenoxy) is 1. The Bertz CT molecular complexity index is 214. The van der Waals surface area contributed by atoms with Crippen LogP contribution in [0.4, 0.5) is 0 Å². The number of nitrogens with zero attached hydrogens (tertiary/aromatic N) is 1. The van der Waals surface area contributed by atoms with Gasteiger partial charge in [0.15, 0.2) is 0 Å². The second-order valence-electron chi connectivity index (χ2n) is 5.59. The van der Waals surface area contributed by atoms with Crippen molar-refractivity contribution in [2.75, 3.05) is 33.4 Å². The van der Waals surface area contributed by atoms with E-state index in [-0.39, 0.29) is 0 Å². The fraction of sp³-hybridized carbons (Fsp3) is 1.00. The second kappa shape index (κ2) is 5.48. The quantitative estimate of drug-likeness (QED) is 0.769. The molecule has 4 atom stereocenters. The number of nitrogens with one attached hydrogen (secondary N) is 1. The van der Waals surface area contributed by atoms with E-state index < -0.39 is 0 Å². The third-order valence-electron chi connectivity index (χ3n) is 4.26. The molecule has 0 radical (unpaired) electrons. The van der Waals surface area contributed by atoms with Crippen LogP contribution in [0.5, 0.6) is 0 Å². The molecule has 0 aromatic rings. The molecule has 3 heteroatoms. The molecule has 2 aliphatic rings. The van der Waals surface area contributed by atoms with Crippen LogP contribution in [0.25, 0.3) is 0 Å². The summed E-state index contributed by atoms with van der Waals surface area (Å²) in [5.74, 6) is 1.67. The van der Waals surface area contributed by atoms with Gasteiger partial charge in [-0.3, -0.25) is 4.90 Å². The fourth-order valence-electron chi connectivity index (χ4n) is 3.62. The minimum Gasteiger partial charge on any atom is -0.379 e. The van der Waals surface area contributed by atoms with Crippen molar-refractivity contribution in [3.05, 3.63) is 0 Å². The van der Waals surface area contributed by atoms with E-state index in [1.807, 2.05) is 0 Å². The van der Waals surface area contributed by atoms with E-state index in [0.717, 1.165) is 38.1 Å². The van der Waals surface area contributed by atoms with Crippen molar-refractivity contribution < 1.29 is 4.74 Å². The third kappa shape index (κ3) is 2.58. The molecule has 3 nitrogen and oxygen atoms in total. The summed E-state index contributed by atoms with van der Waals surface area (Å²) in [7, 11) is 2.11. The zero-order valence-electron chi connectivity index (χ0n) is 10.9. The summed E-state index contributed by atoms with van der Waals surface area (Å²) in [4.78, 5) is 2.64. The highest BCUT2D eigenvalue weighted by Crippen LogP contribution is 2.32. The van der Waals surface area contributed by atoms with E-state index >= 15 is 0 Å². The molecule has 16 heavy (non-hydrogen) atoms. The highest BCUT2D eigenvalue weighted by molar-refractivity contribution is 4.93. The molecule has 1 aliphatic heterocycles. The first-order chi connectivity index (χ1) is 7.72. The summed E-state index contributed by atoms with van der Waals surface area (Å²) in [5, 5.41) is 3.53. The lowest BCUT2D eigenvalue weighted by Crippen LogP contribution is -2.58. The molecule has 0 bridgehead atoms. The topological polar surface area (TPSA) is 24.5 Å². The maximum Gasteiger partial charge on any atom is 0.0594 e. The maximum atomic E-state index is 5.45. The minimum atomic E-state index is 0.664. The van der Waals surface area contributed by atoms with Gasteiger partial charge in [0.2, 0.25) is 0 Å². The second-order valence-corrected chi connectivity index (χ2v) is 5.59. The number of hydrogen-bond donors (Lipinski definition) is 1. The fourth-order valence-corrected chi connectivity index (χ4v) is 3.62. The van der Waals surface area contributed by atoms with Crippen LogP contribution in [0.2, 0.25) is 0 Å². The average molecular weight is 226 g/mol. The predicted molar refractivity (Wildman–Crippen MR) is 66.6 cm³/mol. The van der Waals surface area contributed by atoms with Gasteiger partial charge in [0.25, 0.3) is 0 Å². The lowest BCUT2D eigenvalue weighted by atomic mass is 9.75. The van der Waals surface area contributed by atoms with Crippen LogP contribution in [0.1, 0.15) is 26.7 Å². The van der Waals surface area contributed by atoms with E-state index in [4.69, 9.17) is 4.74 Å². The first kappa shape index (κ1) is 12.3. The molecule has 0 amide bonds. The van der Waals surface area contributed by atoms with E-state index in [1.54, 1.807) is 0 Å². The number of morpholine rings is 1. The highest BCUT2D eigenvalue weighted by Gasteiger charge is 2.37. The Labute approximate surface area is 99.5 Å². The predicted octanol–water partition coefficient (Wildman–Crippen LogP) is 1.34. The normalized spacial score (nSPS) is 42.2. The molecule has 2 rings (SSSR count). The molecule has 1 N–H and O–H groups in total. The maximum absolute atomic E-state index is 5.45. The first-order valence-corrected chi connectivity index (χ1v) is 6.71. The van der Waals surface area contributed by atoms with Crippen LogP contribution in [0.15, 0.2) is 0 Å². The Morgan fingerprint density at radius 2 is 1.81 bits per heavy atom. The van der Waals surface area contributed by atoms with Crippen molar-refractivity contribution in [3.8, 4) is 0 Å².